The third-order valence-corrected chi connectivity index (χ3v) is 4.33. The zero-order valence-corrected chi connectivity index (χ0v) is 14.0. The molecule has 4 nitrogen and oxygen atoms in total. The minimum Gasteiger partial charge on any atom is -0.503 e. The van der Waals surface area contributed by atoms with Crippen molar-refractivity contribution < 1.29 is 23.2 Å². The number of aromatic hydroxyl groups is 1. The van der Waals surface area contributed by atoms with Crippen LogP contribution in [0.2, 0.25) is 0 Å². The van der Waals surface area contributed by atoms with Crippen LogP contribution in [0.4, 0.5) is 8.78 Å². The molecule has 1 saturated heterocycles. The first-order valence-electron chi connectivity index (χ1n) is 7.46. The molecule has 1 aliphatic heterocycles. The normalized spacial score (nSPS) is 20.1. The average Bonchev–Trinajstić information content (AvgIpc) is 2.64. The summed E-state index contributed by atoms with van der Waals surface area (Å²) in [5, 5.41) is 12.2. The molecule has 7 heteroatoms. The summed E-state index contributed by atoms with van der Waals surface area (Å²) in [6.45, 7) is 8.17. The summed E-state index contributed by atoms with van der Waals surface area (Å²) in [5.74, 6) is -2.99. The fourth-order valence-corrected chi connectivity index (χ4v) is 2.28. The van der Waals surface area contributed by atoms with Crippen LogP contribution in [-0.2, 0) is 9.31 Å². The molecule has 2 N–H and O–H groups in total. The van der Waals surface area contributed by atoms with Gasteiger partial charge in [-0.2, -0.15) is 0 Å². The Morgan fingerprint density at radius 3 is 2.09 bits per heavy atom. The van der Waals surface area contributed by atoms with Gasteiger partial charge in [0.1, 0.15) is 0 Å². The lowest BCUT2D eigenvalue weighted by Crippen LogP contribution is -2.41. The monoisotopic (exact) mass is 325 g/mol. The van der Waals surface area contributed by atoms with Gasteiger partial charge in [0.05, 0.1) is 11.2 Å². The Morgan fingerprint density at radius 1 is 1.17 bits per heavy atom. The number of likely N-dealkylation sites (N-methyl/N-ethyl adjacent to an activating group) is 1. The molecule has 1 aromatic rings. The molecule has 0 saturated carbocycles. The van der Waals surface area contributed by atoms with E-state index in [1.54, 1.807) is 13.1 Å². The van der Waals surface area contributed by atoms with Gasteiger partial charge < -0.3 is 19.7 Å². The molecule has 1 fully saturated rings. The molecule has 1 aromatic carbocycles. The largest absolute Gasteiger partial charge is 0.503 e. The third-order valence-electron chi connectivity index (χ3n) is 4.33. The molecule has 1 heterocycles. The van der Waals surface area contributed by atoms with E-state index in [1.165, 1.54) is 0 Å². The second kappa shape index (κ2) is 6.22. The number of phenolic OH excluding ortho intramolecular Hbond substituents is 1. The summed E-state index contributed by atoms with van der Waals surface area (Å²) in [7, 11) is 1.14. The fourth-order valence-electron chi connectivity index (χ4n) is 2.28. The van der Waals surface area contributed by atoms with Crippen LogP contribution < -0.4 is 5.32 Å². The molecule has 0 aromatic heterocycles. The van der Waals surface area contributed by atoms with Crippen LogP contribution in [0.25, 0.3) is 6.08 Å². The van der Waals surface area contributed by atoms with Crippen LogP contribution in [0.3, 0.4) is 0 Å². The van der Waals surface area contributed by atoms with E-state index in [0.717, 1.165) is 12.1 Å². The predicted octanol–water partition coefficient (Wildman–Crippen LogP) is 2.90. The van der Waals surface area contributed by atoms with Crippen LogP contribution >= 0.6 is 0 Å². The Morgan fingerprint density at radius 2 is 1.65 bits per heavy atom. The first kappa shape index (κ1) is 17.9. The second-order valence-corrected chi connectivity index (χ2v) is 6.67. The summed E-state index contributed by atoms with van der Waals surface area (Å²) < 4.78 is 38.9. The van der Waals surface area contributed by atoms with Crippen LogP contribution in [0.5, 0.6) is 5.75 Å². The Kier molecular flexibility index (Phi) is 4.85. The molecule has 126 valence electrons. The molecule has 0 aliphatic carbocycles. The number of halogens is 2. The topological polar surface area (TPSA) is 50.7 Å². The van der Waals surface area contributed by atoms with E-state index >= 15 is 0 Å². The molecular weight excluding hydrogens is 303 g/mol. The Hall–Kier alpha value is -1.44. The fraction of sp³-hybridized carbons (Fsp3) is 0.500. The number of phenols is 1. The lowest BCUT2D eigenvalue weighted by atomic mass is 9.77. The zero-order valence-electron chi connectivity index (χ0n) is 14.0. The van der Waals surface area contributed by atoms with Crippen LogP contribution in [0.15, 0.2) is 17.6 Å². The molecule has 1 aliphatic rings. The molecular formula is C16H22BF2NO3. The lowest BCUT2D eigenvalue weighted by molar-refractivity contribution is 0.00578. The van der Waals surface area contributed by atoms with Crippen LogP contribution in [0, 0.1) is 11.6 Å². The van der Waals surface area contributed by atoms with Crippen LogP contribution in [0.1, 0.15) is 33.3 Å². The van der Waals surface area contributed by atoms with E-state index in [-0.39, 0.29) is 5.56 Å². The summed E-state index contributed by atoms with van der Waals surface area (Å²) in [6, 6.07) is 2.14. The maximum atomic E-state index is 13.5. The van der Waals surface area contributed by atoms with E-state index < -0.39 is 35.7 Å². The molecule has 0 spiro atoms. The molecule has 2 rings (SSSR count). The van der Waals surface area contributed by atoms with Crippen molar-refractivity contribution in [3.63, 3.8) is 0 Å². The van der Waals surface area contributed by atoms with Gasteiger partial charge in [-0.15, -0.1) is 0 Å². The standard InChI is InChI=1S/C16H22BF2NO3/c1-15(2)16(3,4)23-17(22-15)11(9-20-5)6-10-7-12(18)14(21)13(19)8-10/h6-8,20-21H,9H2,1-5H3. The first-order chi connectivity index (χ1) is 10.6. The SMILES string of the molecule is CNCC(=Cc1cc(F)c(O)c(F)c1)B1OC(C)(C)C(C)(C)O1. The van der Waals surface area contributed by atoms with E-state index in [4.69, 9.17) is 9.31 Å². The number of nitrogens with one attached hydrogen (secondary N) is 1. The first-order valence-corrected chi connectivity index (χ1v) is 7.46. The van der Waals surface area contributed by atoms with Gasteiger partial charge in [-0.3, -0.25) is 0 Å². The third kappa shape index (κ3) is 3.57. The smallest absolute Gasteiger partial charge is 0.491 e. The Balaban J connectivity index is 2.36. The van der Waals surface area contributed by atoms with Crippen LogP contribution in [-0.4, -0.2) is 37.0 Å². The summed E-state index contributed by atoms with van der Waals surface area (Å²) in [4.78, 5) is 0. The number of rotatable bonds is 4. The van der Waals surface area contributed by atoms with Crippen molar-refractivity contribution >= 4 is 13.2 Å². The molecule has 0 bridgehead atoms. The summed E-state index contributed by atoms with van der Waals surface area (Å²) >= 11 is 0. The van der Waals surface area contributed by atoms with Crippen molar-refractivity contribution in [3.8, 4) is 5.75 Å². The lowest BCUT2D eigenvalue weighted by Gasteiger charge is -2.32. The van der Waals surface area contributed by atoms with Gasteiger partial charge in [0.15, 0.2) is 17.4 Å². The van der Waals surface area contributed by atoms with Gasteiger partial charge in [-0.1, -0.05) is 6.08 Å². The average molecular weight is 325 g/mol. The van der Waals surface area contributed by atoms with Gasteiger partial charge in [0.25, 0.3) is 0 Å². The van der Waals surface area contributed by atoms with Crippen molar-refractivity contribution in [1.82, 2.24) is 5.32 Å². The maximum Gasteiger partial charge on any atom is 0.491 e. The summed E-state index contributed by atoms with van der Waals surface area (Å²) in [6.07, 6.45) is 1.60. The minimum absolute atomic E-state index is 0.290. The minimum atomic E-state index is -1.01. The van der Waals surface area contributed by atoms with Gasteiger partial charge in [0.2, 0.25) is 0 Å². The van der Waals surface area contributed by atoms with Gasteiger partial charge in [-0.05, 0) is 57.9 Å². The van der Waals surface area contributed by atoms with Gasteiger partial charge >= 0.3 is 7.12 Å². The molecule has 0 atom stereocenters. The predicted molar refractivity (Wildman–Crippen MR) is 86.0 cm³/mol. The molecule has 23 heavy (non-hydrogen) atoms. The second-order valence-electron chi connectivity index (χ2n) is 6.67. The number of benzene rings is 1. The Labute approximate surface area is 135 Å². The number of hydrogen-bond donors (Lipinski definition) is 2. The zero-order chi connectivity index (χ0) is 17.4. The van der Waals surface area contributed by atoms with E-state index in [9.17, 15) is 13.9 Å². The van der Waals surface area contributed by atoms with E-state index in [2.05, 4.69) is 5.32 Å². The highest BCUT2D eigenvalue weighted by molar-refractivity contribution is 6.55. The molecule has 0 unspecified atom stereocenters. The van der Waals surface area contributed by atoms with Gasteiger partial charge in [0, 0.05) is 6.54 Å². The van der Waals surface area contributed by atoms with Crippen molar-refractivity contribution in [3.05, 3.63) is 34.8 Å². The quantitative estimate of drug-likeness (QED) is 0.836. The van der Waals surface area contributed by atoms with Crippen molar-refractivity contribution in [1.29, 1.82) is 0 Å². The van der Waals surface area contributed by atoms with Crippen molar-refractivity contribution in [2.24, 2.45) is 0 Å². The maximum absolute atomic E-state index is 13.5. The molecule has 0 radical (unpaired) electrons. The van der Waals surface area contributed by atoms with Crippen molar-refractivity contribution in [2.45, 2.75) is 38.9 Å². The number of hydrogen-bond acceptors (Lipinski definition) is 4. The highest BCUT2D eigenvalue weighted by atomic mass is 19.1. The summed E-state index contributed by atoms with van der Waals surface area (Å²) in [5.41, 5.74) is -0.0141. The highest BCUT2D eigenvalue weighted by Gasteiger charge is 2.52. The van der Waals surface area contributed by atoms with E-state index in [1.807, 2.05) is 27.7 Å². The highest BCUT2D eigenvalue weighted by Crippen LogP contribution is 2.38. The Bertz CT molecular complexity index is 593. The van der Waals surface area contributed by atoms with E-state index in [0.29, 0.717) is 12.0 Å². The van der Waals surface area contributed by atoms with Crippen molar-refractivity contribution in [2.75, 3.05) is 13.6 Å². The van der Waals surface area contributed by atoms with Gasteiger partial charge in [-0.25, -0.2) is 8.78 Å². The molecule has 0 amide bonds.